The molecule has 0 aliphatic rings. The maximum absolute atomic E-state index is 12.9. The van der Waals surface area contributed by atoms with E-state index >= 15 is 0 Å². The molecule has 0 atom stereocenters. The Bertz CT molecular complexity index is 928. The molecule has 0 aliphatic carbocycles. The van der Waals surface area contributed by atoms with Gasteiger partial charge in [-0.2, -0.15) is 0 Å². The third-order valence-electron chi connectivity index (χ3n) is 5.23. The molecule has 33 heavy (non-hydrogen) atoms. The first-order chi connectivity index (χ1) is 16.0. The summed E-state index contributed by atoms with van der Waals surface area (Å²) in [6.45, 7) is 2.03. The summed E-state index contributed by atoms with van der Waals surface area (Å²) in [5.41, 5.74) is 1.56. The number of carbonyl (C=O) groups excluding carboxylic acids is 2. The van der Waals surface area contributed by atoms with Crippen molar-refractivity contribution in [1.82, 2.24) is 0 Å². The van der Waals surface area contributed by atoms with E-state index in [1.807, 2.05) is 19.1 Å². The Balaban J connectivity index is 2.18. The van der Waals surface area contributed by atoms with Crippen LogP contribution in [0.5, 0.6) is 23.0 Å². The summed E-state index contributed by atoms with van der Waals surface area (Å²) in [4.78, 5) is 25.8. The molecule has 2 aromatic carbocycles. The van der Waals surface area contributed by atoms with Crippen molar-refractivity contribution in [1.29, 1.82) is 0 Å². The molecule has 0 saturated heterocycles. The molecule has 0 N–H and O–H groups in total. The molecule has 0 bridgehead atoms. The Labute approximate surface area is 195 Å². The number of methoxy groups -OCH3 is 4. The lowest BCUT2D eigenvalue weighted by atomic mass is 9.91. The van der Waals surface area contributed by atoms with Gasteiger partial charge in [0, 0.05) is 0 Å². The van der Waals surface area contributed by atoms with Gasteiger partial charge in [-0.3, -0.25) is 9.59 Å². The van der Waals surface area contributed by atoms with Crippen LogP contribution in [-0.4, -0.2) is 40.0 Å². The Morgan fingerprint density at radius 1 is 0.727 bits per heavy atom. The second-order valence-electron chi connectivity index (χ2n) is 7.40. The van der Waals surface area contributed by atoms with E-state index in [1.54, 1.807) is 64.9 Å². The van der Waals surface area contributed by atoms with Crippen LogP contribution < -0.4 is 18.9 Å². The predicted molar refractivity (Wildman–Crippen MR) is 130 cm³/mol. The minimum absolute atomic E-state index is 0.222. The molecule has 6 heteroatoms. The molecule has 0 heterocycles. The zero-order chi connectivity index (χ0) is 24.2. The lowest BCUT2D eigenvalue weighted by molar-refractivity contribution is -0.127. The van der Waals surface area contributed by atoms with Crippen LogP contribution in [0.25, 0.3) is 12.2 Å². The first kappa shape index (κ1) is 25.7. The predicted octanol–water partition coefficient (Wildman–Crippen LogP) is 5.39. The summed E-state index contributed by atoms with van der Waals surface area (Å²) < 4.78 is 21.1. The molecule has 0 saturated carbocycles. The second-order valence-corrected chi connectivity index (χ2v) is 7.40. The number of hydrogen-bond donors (Lipinski definition) is 0. The topological polar surface area (TPSA) is 71.1 Å². The Morgan fingerprint density at radius 3 is 1.52 bits per heavy atom. The van der Waals surface area contributed by atoms with E-state index in [4.69, 9.17) is 18.9 Å². The fourth-order valence-electron chi connectivity index (χ4n) is 3.33. The van der Waals surface area contributed by atoms with Crippen molar-refractivity contribution in [2.75, 3.05) is 28.4 Å². The number of allylic oxidation sites excluding steroid dienone is 2. The fraction of sp³-hybridized carbons (Fsp3) is 0.333. The highest BCUT2D eigenvalue weighted by Crippen LogP contribution is 2.29. The first-order valence-corrected chi connectivity index (χ1v) is 10.8. The third-order valence-corrected chi connectivity index (χ3v) is 5.23. The molecule has 2 rings (SSSR count). The molecule has 0 amide bonds. The zero-order valence-corrected chi connectivity index (χ0v) is 19.9. The van der Waals surface area contributed by atoms with Crippen molar-refractivity contribution in [3.05, 3.63) is 59.7 Å². The standard InChI is InChI=1S/C27H32O6/c1-6-7-8-21(22(28)13-9-19-11-15-24(30-2)26(17-19)32-4)23(29)14-10-20-12-16-25(31-3)27(18-20)33-5/h9-18,21H,6-8H2,1-5H3/b13-9+,14-10+. The van der Waals surface area contributed by atoms with Crippen molar-refractivity contribution < 1.29 is 28.5 Å². The summed E-state index contributed by atoms with van der Waals surface area (Å²) in [7, 11) is 6.24. The van der Waals surface area contributed by atoms with Crippen LogP contribution >= 0.6 is 0 Å². The van der Waals surface area contributed by atoms with Gasteiger partial charge in [0.15, 0.2) is 34.6 Å². The molecule has 0 radical (unpaired) electrons. The highest BCUT2D eigenvalue weighted by molar-refractivity contribution is 6.13. The monoisotopic (exact) mass is 452 g/mol. The normalized spacial score (nSPS) is 11.2. The van der Waals surface area contributed by atoms with Crippen molar-refractivity contribution in [2.24, 2.45) is 5.92 Å². The number of benzene rings is 2. The molecule has 0 unspecified atom stereocenters. The van der Waals surface area contributed by atoms with E-state index in [9.17, 15) is 9.59 Å². The third kappa shape index (κ3) is 7.24. The molecule has 2 aromatic rings. The van der Waals surface area contributed by atoms with Gasteiger partial charge in [-0.05, 0) is 54.0 Å². The van der Waals surface area contributed by atoms with E-state index in [1.165, 1.54) is 12.2 Å². The van der Waals surface area contributed by atoms with E-state index < -0.39 is 5.92 Å². The fourth-order valence-corrected chi connectivity index (χ4v) is 3.33. The summed E-state index contributed by atoms with van der Waals surface area (Å²) >= 11 is 0. The number of hydrogen-bond acceptors (Lipinski definition) is 6. The van der Waals surface area contributed by atoms with Crippen LogP contribution in [0.4, 0.5) is 0 Å². The quantitative estimate of drug-likeness (QED) is 0.300. The maximum Gasteiger partial charge on any atom is 0.166 e. The summed E-state index contributed by atoms with van der Waals surface area (Å²) in [5.74, 6) is 1.19. The van der Waals surface area contributed by atoms with Crippen LogP contribution in [0, 0.1) is 5.92 Å². The zero-order valence-electron chi connectivity index (χ0n) is 19.9. The van der Waals surface area contributed by atoms with Gasteiger partial charge in [0.1, 0.15) is 0 Å². The minimum atomic E-state index is -0.724. The van der Waals surface area contributed by atoms with E-state index in [0.29, 0.717) is 29.4 Å². The summed E-state index contributed by atoms with van der Waals surface area (Å²) in [6.07, 6.45) is 8.49. The highest BCUT2D eigenvalue weighted by Gasteiger charge is 2.22. The van der Waals surface area contributed by atoms with Gasteiger partial charge in [-0.25, -0.2) is 0 Å². The van der Waals surface area contributed by atoms with E-state index in [2.05, 4.69) is 0 Å². The van der Waals surface area contributed by atoms with Crippen molar-refractivity contribution in [3.63, 3.8) is 0 Å². The highest BCUT2D eigenvalue weighted by atomic mass is 16.5. The van der Waals surface area contributed by atoms with Gasteiger partial charge in [-0.15, -0.1) is 0 Å². The van der Waals surface area contributed by atoms with Crippen LogP contribution in [0.3, 0.4) is 0 Å². The van der Waals surface area contributed by atoms with Gasteiger partial charge in [0.2, 0.25) is 0 Å². The van der Waals surface area contributed by atoms with Crippen molar-refractivity contribution >= 4 is 23.7 Å². The lowest BCUT2D eigenvalue weighted by Gasteiger charge is -2.11. The molecule has 0 spiro atoms. The smallest absolute Gasteiger partial charge is 0.166 e. The van der Waals surface area contributed by atoms with E-state index in [-0.39, 0.29) is 11.6 Å². The Morgan fingerprint density at radius 2 is 1.15 bits per heavy atom. The molecular weight excluding hydrogens is 420 g/mol. The van der Waals surface area contributed by atoms with Gasteiger partial charge >= 0.3 is 0 Å². The molecule has 0 aromatic heterocycles. The number of rotatable bonds is 13. The van der Waals surface area contributed by atoms with Crippen LogP contribution in [0.2, 0.25) is 0 Å². The number of ketones is 2. The van der Waals surface area contributed by atoms with E-state index in [0.717, 1.165) is 24.0 Å². The van der Waals surface area contributed by atoms with Crippen LogP contribution in [0.1, 0.15) is 37.3 Å². The number of unbranched alkanes of at least 4 members (excludes halogenated alkanes) is 1. The molecule has 0 fully saturated rings. The average molecular weight is 453 g/mol. The van der Waals surface area contributed by atoms with Gasteiger partial charge in [-0.1, -0.05) is 44.1 Å². The maximum atomic E-state index is 12.9. The van der Waals surface area contributed by atoms with Crippen LogP contribution in [-0.2, 0) is 9.59 Å². The molecular formula is C27H32O6. The second kappa shape index (κ2) is 13.1. The number of carbonyl (C=O) groups is 2. The first-order valence-electron chi connectivity index (χ1n) is 10.8. The summed E-state index contributed by atoms with van der Waals surface area (Å²) in [6, 6.07) is 10.8. The van der Waals surface area contributed by atoms with Crippen LogP contribution in [0.15, 0.2) is 48.6 Å². The van der Waals surface area contributed by atoms with Crippen molar-refractivity contribution in [2.45, 2.75) is 26.2 Å². The van der Waals surface area contributed by atoms with Crippen molar-refractivity contribution in [3.8, 4) is 23.0 Å². The molecule has 176 valence electrons. The largest absolute Gasteiger partial charge is 0.493 e. The Kier molecular flexibility index (Phi) is 10.2. The number of ether oxygens (including phenoxy) is 4. The summed E-state index contributed by atoms with van der Waals surface area (Å²) in [5, 5.41) is 0. The molecule has 6 nitrogen and oxygen atoms in total. The van der Waals surface area contributed by atoms with Gasteiger partial charge < -0.3 is 18.9 Å². The SMILES string of the molecule is CCCCC(C(=O)/C=C/c1ccc(OC)c(OC)c1)C(=O)/C=C/c1ccc(OC)c(OC)c1. The van der Waals surface area contributed by atoms with Gasteiger partial charge in [0.05, 0.1) is 34.4 Å². The lowest BCUT2D eigenvalue weighted by Crippen LogP contribution is -2.21. The molecule has 0 aliphatic heterocycles. The average Bonchev–Trinajstić information content (AvgIpc) is 2.85. The van der Waals surface area contributed by atoms with Gasteiger partial charge in [0.25, 0.3) is 0 Å². The Hall–Kier alpha value is -3.54. The minimum Gasteiger partial charge on any atom is -0.493 e.